The lowest BCUT2D eigenvalue weighted by molar-refractivity contribution is -0.127. The van der Waals surface area contributed by atoms with E-state index in [-0.39, 0.29) is 11.9 Å². The van der Waals surface area contributed by atoms with Gasteiger partial charge in [0.1, 0.15) is 0 Å². The fraction of sp³-hybridized carbons (Fsp3) is 0.458. The molecule has 1 amide bonds. The normalized spacial score (nSPS) is 18.6. The number of rotatable bonds is 7. The van der Waals surface area contributed by atoms with Gasteiger partial charge in [-0.15, -0.1) is 0 Å². The number of piperidine rings is 1. The molecule has 3 rings (SSSR count). The molecule has 1 aliphatic rings. The smallest absolute Gasteiger partial charge is 0.261 e. The van der Waals surface area contributed by atoms with Gasteiger partial charge in [-0.3, -0.25) is 4.79 Å². The minimum absolute atomic E-state index is 0.0967. The van der Waals surface area contributed by atoms with E-state index < -0.39 is 6.10 Å². The SMILES string of the molecule is COc1ccccc1O[C@@H](C)C(=O)N[C@@H](C)c1ccc(N2CCC[C@@H](C)C2)cc1. The predicted molar refractivity (Wildman–Crippen MR) is 117 cm³/mol. The first-order valence-electron chi connectivity index (χ1n) is 10.4. The number of nitrogens with one attached hydrogen (secondary N) is 1. The van der Waals surface area contributed by atoms with E-state index in [2.05, 4.69) is 41.4 Å². The van der Waals surface area contributed by atoms with Gasteiger partial charge in [0.05, 0.1) is 13.2 Å². The van der Waals surface area contributed by atoms with Gasteiger partial charge in [0.15, 0.2) is 17.6 Å². The number of amides is 1. The Bertz CT molecular complexity index is 806. The van der Waals surface area contributed by atoms with Crippen molar-refractivity contribution in [2.75, 3.05) is 25.1 Å². The average Bonchev–Trinajstić information content (AvgIpc) is 2.74. The number of carbonyl (C=O) groups excluding carboxylic acids is 1. The van der Waals surface area contributed by atoms with E-state index in [1.165, 1.54) is 18.5 Å². The van der Waals surface area contributed by atoms with E-state index in [1.807, 2.05) is 25.1 Å². The van der Waals surface area contributed by atoms with E-state index >= 15 is 0 Å². The second kappa shape index (κ2) is 9.68. The van der Waals surface area contributed by atoms with Crippen molar-refractivity contribution in [2.24, 2.45) is 5.92 Å². The Kier molecular flexibility index (Phi) is 7.02. The monoisotopic (exact) mass is 396 g/mol. The molecule has 0 aliphatic carbocycles. The van der Waals surface area contributed by atoms with Crippen LogP contribution in [0.2, 0.25) is 0 Å². The molecule has 1 N–H and O–H groups in total. The molecule has 1 heterocycles. The molecule has 1 saturated heterocycles. The summed E-state index contributed by atoms with van der Waals surface area (Å²) < 4.78 is 11.1. The molecule has 0 bridgehead atoms. The third-order valence-electron chi connectivity index (χ3n) is 5.52. The van der Waals surface area contributed by atoms with Crippen LogP contribution in [0.4, 0.5) is 5.69 Å². The highest BCUT2D eigenvalue weighted by atomic mass is 16.5. The van der Waals surface area contributed by atoms with Crippen LogP contribution in [-0.2, 0) is 4.79 Å². The Morgan fingerprint density at radius 3 is 2.45 bits per heavy atom. The highest BCUT2D eigenvalue weighted by molar-refractivity contribution is 5.81. The van der Waals surface area contributed by atoms with Gasteiger partial charge in [-0.25, -0.2) is 0 Å². The van der Waals surface area contributed by atoms with Crippen LogP contribution in [0, 0.1) is 5.92 Å². The van der Waals surface area contributed by atoms with Crippen LogP contribution in [0.5, 0.6) is 11.5 Å². The number of benzene rings is 2. The number of nitrogens with zero attached hydrogens (tertiary/aromatic N) is 1. The summed E-state index contributed by atoms with van der Waals surface area (Å²) in [6.07, 6.45) is 1.94. The Labute approximate surface area is 174 Å². The number of carbonyl (C=O) groups is 1. The van der Waals surface area contributed by atoms with Gasteiger partial charge in [-0.1, -0.05) is 31.2 Å². The van der Waals surface area contributed by atoms with Crippen molar-refractivity contribution in [2.45, 2.75) is 45.8 Å². The molecule has 156 valence electrons. The van der Waals surface area contributed by atoms with Crippen molar-refractivity contribution in [3.8, 4) is 11.5 Å². The quantitative estimate of drug-likeness (QED) is 0.744. The second-order valence-electron chi connectivity index (χ2n) is 7.93. The summed E-state index contributed by atoms with van der Waals surface area (Å²) in [5, 5.41) is 3.04. The Morgan fingerprint density at radius 1 is 1.10 bits per heavy atom. The number of ether oxygens (including phenoxy) is 2. The minimum atomic E-state index is -0.622. The van der Waals surface area contributed by atoms with E-state index in [9.17, 15) is 4.79 Å². The molecule has 1 aliphatic heterocycles. The molecule has 5 nitrogen and oxygen atoms in total. The number of para-hydroxylation sites is 2. The van der Waals surface area contributed by atoms with Gasteiger partial charge in [0, 0.05) is 18.8 Å². The zero-order chi connectivity index (χ0) is 20.8. The van der Waals surface area contributed by atoms with Gasteiger partial charge >= 0.3 is 0 Å². The maximum Gasteiger partial charge on any atom is 0.261 e. The first kappa shape index (κ1) is 21.0. The van der Waals surface area contributed by atoms with E-state index in [1.54, 1.807) is 20.1 Å². The number of hydrogen-bond donors (Lipinski definition) is 1. The van der Waals surface area contributed by atoms with Crippen molar-refractivity contribution in [3.63, 3.8) is 0 Å². The number of methoxy groups -OCH3 is 1. The molecule has 0 radical (unpaired) electrons. The fourth-order valence-electron chi connectivity index (χ4n) is 3.77. The van der Waals surface area contributed by atoms with Crippen LogP contribution in [0.25, 0.3) is 0 Å². The van der Waals surface area contributed by atoms with E-state index in [0.717, 1.165) is 24.6 Å². The topological polar surface area (TPSA) is 50.8 Å². The molecule has 0 aromatic heterocycles. The molecule has 0 spiro atoms. The average molecular weight is 397 g/mol. The number of hydrogen-bond acceptors (Lipinski definition) is 4. The van der Waals surface area contributed by atoms with Gasteiger partial charge in [0.2, 0.25) is 0 Å². The molecular formula is C24H32N2O3. The highest BCUT2D eigenvalue weighted by Gasteiger charge is 2.20. The molecule has 5 heteroatoms. The zero-order valence-electron chi connectivity index (χ0n) is 17.9. The summed E-state index contributed by atoms with van der Waals surface area (Å²) in [5.41, 5.74) is 2.34. The van der Waals surface area contributed by atoms with Crippen molar-refractivity contribution in [1.29, 1.82) is 0 Å². The van der Waals surface area contributed by atoms with Gasteiger partial charge in [0.25, 0.3) is 5.91 Å². The van der Waals surface area contributed by atoms with Gasteiger partial charge in [-0.2, -0.15) is 0 Å². The molecule has 0 unspecified atom stereocenters. The predicted octanol–water partition coefficient (Wildman–Crippen LogP) is 4.58. The molecule has 2 aromatic carbocycles. The van der Waals surface area contributed by atoms with Crippen molar-refractivity contribution < 1.29 is 14.3 Å². The summed E-state index contributed by atoms with van der Waals surface area (Å²) in [5.74, 6) is 1.76. The van der Waals surface area contributed by atoms with Crippen LogP contribution in [0.1, 0.15) is 45.2 Å². The maximum atomic E-state index is 12.6. The third-order valence-corrected chi connectivity index (χ3v) is 5.52. The lowest BCUT2D eigenvalue weighted by Crippen LogP contribution is -2.37. The molecule has 0 saturated carbocycles. The Balaban J connectivity index is 1.57. The standard InChI is InChI=1S/C24H32N2O3/c1-17-8-7-15-26(16-17)21-13-11-20(12-14-21)18(2)25-24(27)19(3)29-23-10-6-5-9-22(23)28-4/h5-6,9-14,17-19H,7-8,15-16H2,1-4H3,(H,25,27)/t17-,18+,19+/m1/s1. The van der Waals surface area contributed by atoms with Crippen LogP contribution in [0.15, 0.2) is 48.5 Å². The van der Waals surface area contributed by atoms with Crippen LogP contribution < -0.4 is 19.7 Å². The zero-order valence-corrected chi connectivity index (χ0v) is 17.9. The number of anilines is 1. The summed E-state index contributed by atoms with van der Waals surface area (Å²) in [4.78, 5) is 15.0. The first-order valence-corrected chi connectivity index (χ1v) is 10.4. The van der Waals surface area contributed by atoms with Crippen molar-refractivity contribution in [3.05, 3.63) is 54.1 Å². The summed E-state index contributed by atoms with van der Waals surface area (Å²) in [6.45, 7) is 8.28. The highest BCUT2D eigenvalue weighted by Crippen LogP contribution is 2.27. The van der Waals surface area contributed by atoms with Crippen molar-refractivity contribution >= 4 is 11.6 Å². The minimum Gasteiger partial charge on any atom is -0.493 e. The van der Waals surface area contributed by atoms with E-state index in [0.29, 0.717) is 11.5 Å². The third kappa shape index (κ3) is 5.43. The first-order chi connectivity index (χ1) is 14.0. The van der Waals surface area contributed by atoms with Crippen molar-refractivity contribution in [1.82, 2.24) is 5.32 Å². The molecular weight excluding hydrogens is 364 g/mol. The lowest BCUT2D eigenvalue weighted by Gasteiger charge is -2.33. The summed E-state index contributed by atoms with van der Waals surface area (Å²) >= 11 is 0. The lowest BCUT2D eigenvalue weighted by atomic mass is 9.99. The largest absolute Gasteiger partial charge is 0.493 e. The molecule has 2 aromatic rings. The second-order valence-corrected chi connectivity index (χ2v) is 7.93. The van der Waals surface area contributed by atoms with Gasteiger partial charge < -0.3 is 19.7 Å². The van der Waals surface area contributed by atoms with Crippen LogP contribution >= 0.6 is 0 Å². The molecule has 3 atom stereocenters. The summed E-state index contributed by atoms with van der Waals surface area (Å²) in [7, 11) is 1.59. The van der Waals surface area contributed by atoms with Crippen LogP contribution in [0.3, 0.4) is 0 Å². The maximum absolute atomic E-state index is 12.6. The molecule has 29 heavy (non-hydrogen) atoms. The van der Waals surface area contributed by atoms with E-state index in [4.69, 9.17) is 9.47 Å². The van der Waals surface area contributed by atoms with Gasteiger partial charge in [-0.05, 0) is 62.4 Å². The van der Waals surface area contributed by atoms with Crippen LogP contribution in [-0.4, -0.2) is 32.2 Å². The molecule has 1 fully saturated rings. The fourth-order valence-corrected chi connectivity index (χ4v) is 3.77. The Hall–Kier alpha value is -2.69. The Morgan fingerprint density at radius 2 is 1.79 bits per heavy atom. The summed E-state index contributed by atoms with van der Waals surface area (Å²) in [6, 6.07) is 15.8.